The maximum absolute atomic E-state index is 15.2. The molecule has 14 nitrogen and oxygen atoms in total. The quantitative estimate of drug-likeness (QED) is 0.393. The van der Waals surface area contributed by atoms with Crippen LogP contribution in [0.5, 0.6) is 0 Å². The van der Waals surface area contributed by atoms with Crippen LogP contribution in [-0.2, 0) is 14.3 Å². The Balaban J connectivity index is 1.16. The predicted octanol–water partition coefficient (Wildman–Crippen LogP) is 1.55. The standard InChI is InChI=1S/C27H30F2N8O6/c1-3-42-26(40)31-13-18-14-37(27(41)43-18)17-11-19(28)22(20(29)12-17)34-7-9-35(10-8-34)24(39)16(2)32-23(38)21-15-36-6-4-5-30-25(36)33-21/h4-6,11-12,15-16,18H,3,7-10,13-14H2,1-2H3,(H,31,40)(H,32,38)/t16-,18+/m1/s1. The minimum atomic E-state index is -0.877. The molecule has 3 aromatic rings. The highest BCUT2D eigenvalue weighted by molar-refractivity contribution is 5.96. The summed E-state index contributed by atoms with van der Waals surface area (Å²) in [6.45, 7) is 3.97. The fourth-order valence-corrected chi connectivity index (χ4v) is 4.92. The van der Waals surface area contributed by atoms with Gasteiger partial charge in [-0.3, -0.25) is 18.9 Å². The van der Waals surface area contributed by atoms with Gasteiger partial charge >= 0.3 is 12.2 Å². The number of cyclic esters (lactones) is 1. The molecule has 2 N–H and O–H groups in total. The van der Waals surface area contributed by atoms with Crippen LogP contribution in [0.2, 0.25) is 0 Å². The molecule has 1 aromatic carbocycles. The zero-order chi connectivity index (χ0) is 30.7. The molecule has 2 atom stereocenters. The van der Waals surface area contributed by atoms with Gasteiger partial charge in [0, 0.05) is 56.9 Å². The van der Waals surface area contributed by atoms with Gasteiger partial charge in [0.1, 0.15) is 23.5 Å². The summed E-state index contributed by atoms with van der Waals surface area (Å²) in [5.74, 6) is -2.27. The third-order valence-electron chi connectivity index (χ3n) is 7.03. The van der Waals surface area contributed by atoms with Crippen molar-refractivity contribution in [3.05, 3.63) is 54.1 Å². The number of rotatable bonds is 8. The molecular weight excluding hydrogens is 570 g/mol. The first kappa shape index (κ1) is 29.5. The lowest BCUT2D eigenvalue weighted by molar-refractivity contribution is -0.133. The van der Waals surface area contributed by atoms with E-state index in [1.807, 2.05) is 0 Å². The third-order valence-corrected chi connectivity index (χ3v) is 7.03. The second-order valence-corrected chi connectivity index (χ2v) is 9.94. The summed E-state index contributed by atoms with van der Waals surface area (Å²) in [6, 6.07) is 2.93. The topological polar surface area (TPSA) is 151 Å². The van der Waals surface area contributed by atoms with Crippen LogP contribution >= 0.6 is 0 Å². The molecule has 0 saturated carbocycles. The average Bonchev–Trinajstić information content (AvgIpc) is 3.59. The maximum Gasteiger partial charge on any atom is 0.414 e. The second-order valence-electron chi connectivity index (χ2n) is 9.94. The predicted molar refractivity (Wildman–Crippen MR) is 148 cm³/mol. The SMILES string of the molecule is CCOC(=O)NC[C@H]1CN(c2cc(F)c(N3CCN(C(=O)[C@@H](C)NC(=O)c4cn5cccnc5n4)CC3)c(F)c2)C(=O)O1. The summed E-state index contributed by atoms with van der Waals surface area (Å²) in [5.41, 5.74) is -0.184. The fraction of sp³-hybridized carbons (Fsp3) is 0.407. The van der Waals surface area contributed by atoms with E-state index >= 15 is 8.78 Å². The Morgan fingerprint density at radius 1 is 1.16 bits per heavy atom. The molecule has 0 spiro atoms. The van der Waals surface area contributed by atoms with E-state index in [0.29, 0.717) is 5.78 Å². The number of amides is 4. The molecule has 0 bridgehead atoms. The highest BCUT2D eigenvalue weighted by atomic mass is 19.1. The van der Waals surface area contributed by atoms with Crippen LogP contribution in [-0.4, -0.2) is 101 Å². The monoisotopic (exact) mass is 600 g/mol. The van der Waals surface area contributed by atoms with Gasteiger partial charge in [0.25, 0.3) is 5.91 Å². The van der Waals surface area contributed by atoms with Gasteiger partial charge in [-0.15, -0.1) is 0 Å². The summed E-state index contributed by atoms with van der Waals surface area (Å²) in [6.07, 6.45) is 2.57. The van der Waals surface area contributed by atoms with Gasteiger partial charge in [0.15, 0.2) is 11.6 Å². The van der Waals surface area contributed by atoms with E-state index in [1.54, 1.807) is 36.7 Å². The van der Waals surface area contributed by atoms with Crippen molar-refractivity contribution in [2.24, 2.45) is 0 Å². The number of imidazole rings is 1. The summed E-state index contributed by atoms with van der Waals surface area (Å²) >= 11 is 0. The van der Waals surface area contributed by atoms with Crippen molar-refractivity contribution in [2.75, 3.05) is 55.7 Å². The molecule has 2 saturated heterocycles. The lowest BCUT2D eigenvalue weighted by Crippen LogP contribution is -2.54. The molecule has 2 aromatic heterocycles. The average molecular weight is 601 g/mol. The molecule has 2 fully saturated rings. The zero-order valence-corrected chi connectivity index (χ0v) is 23.5. The molecule has 0 aliphatic carbocycles. The Morgan fingerprint density at radius 2 is 1.88 bits per heavy atom. The summed E-state index contributed by atoms with van der Waals surface area (Å²) in [5, 5.41) is 5.10. The van der Waals surface area contributed by atoms with Crippen molar-refractivity contribution < 1.29 is 37.4 Å². The molecule has 16 heteroatoms. The summed E-state index contributed by atoms with van der Waals surface area (Å²) in [7, 11) is 0. The first-order valence-electron chi connectivity index (χ1n) is 13.7. The molecule has 228 valence electrons. The van der Waals surface area contributed by atoms with Gasteiger partial charge in [-0.1, -0.05) is 0 Å². The first-order chi connectivity index (χ1) is 20.6. The van der Waals surface area contributed by atoms with Gasteiger partial charge in [-0.05, 0) is 19.9 Å². The Bertz CT molecular complexity index is 1490. The van der Waals surface area contributed by atoms with Crippen LogP contribution in [0, 0.1) is 11.6 Å². The molecular formula is C27H30F2N8O6. The van der Waals surface area contributed by atoms with Crippen LogP contribution in [0.25, 0.3) is 5.78 Å². The number of hydrogen-bond donors (Lipinski definition) is 2. The van der Waals surface area contributed by atoms with E-state index in [0.717, 1.165) is 17.0 Å². The number of carbonyl (C=O) groups is 4. The van der Waals surface area contributed by atoms with Gasteiger partial charge in [-0.2, -0.15) is 0 Å². The summed E-state index contributed by atoms with van der Waals surface area (Å²) < 4.78 is 41.9. The molecule has 4 amide bonds. The van der Waals surface area contributed by atoms with Crippen molar-refractivity contribution >= 4 is 41.2 Å². The molecule has 2 aliphatic rings. The van der Waals surface area contributed by atoms with E-state index in [9.17, 15) is 19.2 Å². The molecule has 0 radical (unpaired) electrons. The van der Waals surface area contributed by atoms with Crippen LogP contribution in [0.1, 0.15) is 24.3 Å². The Morgan fingerprint density at radius 3 is 2.56 bits per heavy atom. The Labute approximate surface area is 244 Å². The largest absolute Gasteiger partial charge is 0.450 e. The van der Waals surface area contributed by atoms with Crippen LogP contribution in [0.15, 0.2) is 36.8 Å². The van der Waals surface area contributed by atoms with E-state index in [4.69, 9.17) is 9.47 Å². The smallest absolute Gasteiger partial charge is 0.414 e. The number of ether oxygens (including phenoxy) is 2. The third kappa shape index (κ3) is 6.42. The number of nitrogens with one attached hydrogen (secondary N) is 2. The van der Waals surface area contributed by atoms with Crippen LogP contribution < -0.4 is 20.4 Å². The number of fused-ring (bicyclic) bond motifs is 1. The van der Waals surface area contributed by atoms with Gasteiger partial charge in [0.2, 0.25) is 11.7 Å². The van der Waals surface area contributed by atoms with Crippen molar-refractivity contribution in [3.8, 4) is 0 Å². The van der Waals surface area contributed by atoms with Gasteiger partial charge in [0.05, 0.1) is 25.4 Å². The molecule has 43 heavy (non-hydrogen) atoms. The lowest BCUT2D eigenvalue weighted by Gasteiger charge is -2.37. The van der Waals surface area contributed by atoms with E-state index in [2.05, 4.69) is 20.6 Å². The molecule has 5 rings (SSSR count). The number of carbonyl (C=O) groups excluding carboxylic acids is 4. The normalized spacial score (nSPS) is 17.5. The number of halogens is 2. The fourth-order valence-electron chi connectivity index (χ4n) is 4.92. The van der Waals surface area contributed by atoms with Gasteiger partial charge in [-0.25, -0.2) is 28.3 Å². The number of piperazine rings is 1. The van der Waals surface area contributed by atoms with Crippen LogP contribution in [0.3, 0.4) is 0 Å². The number of nitrogens with zero attached hydrogens (tertiary/aromatic N) is 6. The van der Waals surface area contributed by atoms with E-state index in [-0.39, 0.29) is 68.9 Å². The van der Waals surface area contributed by atoms with Crippen molar-refractivity contribution in [1.29, 1.82) is 0 Å². The second kappa shape index (κ2) is 12.5. The van der Waals surface area contributed by atoms with Gasteiger partial charge < -0.3 is 29.9 Å². The minimum Gasteiger partial charge on any atom is -0.450 e. The molecule has 0 unspecified atom stereocenters. The highest BCUT2D eigenvalue weighted by Crippen LogP contribution is 2.31. The van der Waals surface area contributed by atoms with Crippen LogP contribution in [0.4, 0.5) is 29.7 Å². The zero-order valence-electron chi connectivity index (χ0n) is 23.5. The Kier molecular flexibility index (Phi) is 8.54. The van der Waals surface area contributed by atoms with Crippen molar-refractivity contribution in [2.45, 2.75) is 26.0 Å². The van der Waals surface area contributed by atoms with Crippen molar-refractivity contribution in [3.63, 3.8) is 0 Å². The number of hydrogen-bond acceptors (Lipinski definition) is 9. The van der Waals surface area contributed by atoms with E-state index in [1.165, 1.54) is 16.0 Å². The van der Waals surface area contributed by atoms with Crippen molar-refractivity contribution in [1.82, 2.24) is 29.9 Å². The number of aromatic nitrogens is 3. The molecule has 4 heterocycles. The summed E-state index contributed by atoms with van der Waals surface area (Å²) in [4.78, 5) is 61.8. The number of anilines is 2. The lowest BCUT2D eigenvalue weighted by atomic mass is 10.1. The van der Waals surface area contributed by atoms with E-state index < -0.39 is 41.9 Å². The highest BCUT2D eigenvalue weighted by Gasteiger charge is 2.35. The number of benzene rings is 1. The first-order valence-corrected chi connectivity index (χ1v) is 13.7. The number of alkyl carbamates (subject to hydrolysis) is 1. The Hall–Kier alpha value is -5.02. The maximum atomic E-state index is 15.2. The minimum absolute atomic E-state index is 0.0204. The molecule has 2 aliphatic heterocycles.